The highest BCUT2D eigenvalue weighted by molar-refractivity contribution is 6.07. The Morgan fingerprint density at radius 1 is 1.42 bits per heavy atom. The molecule has 9 nitrogen and oxygen atoms in total. The summed E-state index contributed by atoms with van der Waals surface area (Å²) < 4.78 is 41.1. The van der Waals surface area contributed by atoms with E-state index in [1.165, 1.54) is 25.3 Å². The van der Waals surface area contributed by atoms with Crippen LogP contribution in [0.1, 0.15) is 18.4 Å². The van der Waals surface area contributed by atoms with Crippen molar-refractivity contribution in [2.45, 2.75) is 13.1 Å². The molecule has 138 valence electrons. The minimum Gasteiger partial charge on any atom is -0.465 e. The molecule has 0 unspecified atom stereocenters. The van der Waals surface area contributed by atoms with Crippen LogP contribution >= 0.6 is 0 Å². The molecule has 26 heavy (non-hydrogen) atoms. The van der Waals surface area contributed by atoms with Gasteiger partial charge in [-0.1, -0.05) is 0 Å². The molecule has 0 aliphatic carbocycles. The molecule has 0 aliphatic rings. The SMILES string of the molecule is CC(=O)Nc1cnc(/C=C\C(=N)c2cnc(N)c(OCC(F)(F)F)n2)[nH]1. The van der Waals surface area contributed by atoms with Crippen LogP contribution in [0.3, 0.4) is 0 Å². The molecule has 0 aromatic carbocycles. The highest BCUT2D eigenvalue weighted by Crippen LogP contribution is 2.21. The van der Waals surface area contributed by atoms with Crippen molar-refractivity contribution in [1.82, 2.24) is 19.9 Å². The predicted octanol–water partition coefficient (Wildman–Crippen LogP) is 1.76. The maximum atomic E-state index is 12.2. The molecule has 5 N–H and O–H groups in total. The fourth-order valence-electron chi connectivity index (χ4n) is 1.69. The zero-order chi connectivity index (χ0) is 19.3. The fourth-order valence-corrected chi connectivity index (χ4v) is 1.69. The van der Waals surface area contributed by atoms with Gasteiger partial charge in [-0.25, -0.2) is 15.0 Å². The normalized spacial score (nSPS) is 11.5. The van der Waals surface area contributed by atoms with E-state index in [4.69, 9.17) is 11.1 Å². The molecule has 12 heteroatoms. The fraction of sp³-hybridized carbons (Fsp3) is 0.214. The number of nitrogens with zero attached hydrogens (tertiary/aromatic N) is 3. The van der Waals surface area contributed by atoms with Crippen LogP contribution in [0.25, 0.3) is 6.08 Å². The van der Waals surface area contributed by atoms with Gasteiger partial charge in [0, 0.05) is 6.92 Å². The first-order valence-corrected chi connectivity index (χ1v) is 7.05. The number of anilines is 2. The summed E-state index contributed by atoms with van der Waals surface area (Å²) in [5.41, 5.74) is 5.22. The van der Waals surface area contributed by atoms with Gasteiger partial charge in [-0.2, -0.15) is 13.2 Å². The molecule has 0 radical (unpaired) electrons. The second-order valence-electron chi connectivity index (χ2n) is 4.96. The van der Waals surface area contributed by atoms with E-state index in [2.05, 4.69) is 30.0 Å². The molecule has 1 amide bonds. The Labute approximate surface area is 145 Å². The Morgan fingerprint density at radius 3 is 2.81 bits per heavy atom. The molecule has 0 bridgehead atoms. The molecule has 0 spiro atoms. The number of hydrogen-bond acceptors (Lipinski definition) is 7. The number of alkyl halides is 3. The first-order chi connectivity index (χ1) is 12.1. The predicted molar refractivity (Wildman–Crippen MR) is 86.7 cm³/mol. The maximum absolute atomic E-state index is 12.2. The van der Waals surface area contributed by atoms with Crippen LogP contribution in [0.4, 0.5) is 24.8 Å². The summed E-state index contributed by atoms with van der Waals surface area (Å²) in [5, 5.41) is 10.4. The molecule has 2 aromatic rings. The molecular formula is C14H14F3N7O2. The van der Waals surface area contributed by atoms with Crippen molar-refractivity contribution in [2.24, 2.45) is 0 Å². The summed E-state index contributed by atoms with van der Waals surface area (Å²) in [6.07, 6.45) is 0.679. The zero-order valence-corrected chi connectivity index (χ0v) is 13.4. The van der Waals surface area contributed by atoms with E-state index in [1.54, 1.807) is 0 Å². The van der Waals surface area contributed by atoms with Crippen LogP contribution in [0, 0.1) is 5.41 Å². The Bertz CT molecular complexity index is 845. The van der Waals surface area contributed by atoms with E-state index in [-0.39, 0.29) is 23.1 Å². The van der Waals surface area contributed by atoms with Crippen LogP contribution in [0.15, 0.2) is 18.5 Å². The number of aromatic nitrogens is 4. The lowest BCUT2D eigenvalue weighted by molar-refractivity contribution is -0.154. The molecule has 0 atom stereocenters. The van der Waals surface area contributed by atoms with Gasteiger partial charge in [0.1, 0.15) is 17.3 Å². The number of hydrogen-bond donors (Lipinski definition) is 4. The lowest BCUT2D eigenvalue weighted by atomic mass is 10.2. The summed E-state index contributed by atoms with van der Waals surface area (Å²) in [4.78, 5) is 25.1. The number of nitrogen functional groups attached to an aromatic ring is 1. The average Bonchev–Trinajstić information content (AvgIpc) is 2.97. The standard InChI is InChI=1S/C14H14F3N7O2/c1-7(25)22-11-5-20-10(24-11)3-2-8(18)9-4-21-12(19)13(23-9)26-6-14(15,16)17/h2-5,18H,6H2,1H3,(H2,19,21)(H,20,24)(H,22,25)/b3-2-,18-8?. The number of imidazole rings is 1. The van der Waals surface area contributed by atoms with Crippen molar-refractivity contribution >= 4 is 29.3 Å². The Hall–Kier alpha value is -3.44. The zero-order valence-electron chi connectivity index (χ0n) is 13.4. The van der Waals surface area contributed by atoms with E-state index in [0.717, 1.165) is 6.20 Å². The minimum atomic E-state index is -4.55. The van der Waals surface area contributed by atoms with E-state index in [1.807, 2.05) is 0 Å². The van der Waals surface area contributed by atoms with Gasteiger partial charge in [-0.05, 0) is 12.2 Å². The molecule has 2 aromatic heterocycles. The van der Waals surface area contributed by atoms with Gasteiger partial charge in [0.05, 0.1) is 18.1 Å². The lowest BCUT2D eigenvalue weighted by Gasteiger charge is -2.10. The lowest BCUT2D eigenvalue weighted by Crippen LogP contribution is -2.20. The largest absolute Gasteiger partial charge is 0.465 e. The number of nitrogens with one attached hydrogen (secondary N) is 3. The van der Waals surface area contributed by atoms with Crippen LogP contribution < -0.4 is 15.8 Å². The smallest absolute Gasteiger partial charge is 0.422 e. The quantitative estimate of drug-likeness (QED) is 0.572. The van der Waals surface area contributed by atoms with E-state index < -0.39 is 18.7 Å². The van der Waals surface area contributed by atoms with Gasteiger partial charge >= 0.3 is 6.18 Å². The third-order valence-corrected chi connectivity index (χ3v) is 2.73. The number of aromatic amines is 1. The Morgan fingerprint density at radius 2 is 2.15 bits per heavy atom. The third kappa shape index (κ3) is 5.58. The number of amides is 1. The van der Waals surface area contributed by atoms with Crippen molar-refractivity contribution in [2.75, 3.05) is 17.7 Å². The van der Waals surface area contributed by atoms with Crippen LogP contribution in [0.5, 0.6) is 5.88 Å². The molecule has 0 saturated carbocycles. The monoisotopic (exact) mass is 369 g/mol. The number of H-pyrrole nitrogens is 1. The van der Waals surface area contributed by atoms with Crippen molar-refractivity contribution in [3.63, 3.8) is 0 Å². The average molecular weight is 369 g/mol. The topological polar surface area (TPSA) is 143 Å². The number of ether oxygens (including phenoxy) is 1. The number of carbonyl (C=O) groups is 1. The summed E-state index contributed by atoms with van der Waals surface area (Å²) in [7, 11) is 0. The molecule has 0 aliphatic heterocycles. The van der Waals surface area contributed by atoms with Gasteiger partial charge in [-0.3, -0.25) is 10.2 Å². The number of halogens is 3. The van der Waals surface area contributed by atoms with Gasteiger partial charge in [-0.15, -0.1) is 0 Å². The van der Waals surface area contributed by atoms with E-state index in [0.29, 0.717) is 11.6 Å². The summed E-state index contributed by atoms with van der Waals surface area (Å²) >= 11 is 0. The van der Waals surface area contributed by atoms with Crippen LogP contribution in [0.2, 0.25) is 0 Å². The number of carbonyl (C=O) groups excluding carboxylic acids is 1. The summed E-state index contributed by atoms with van der Waals surface area (Å²) in [6, 6.07) is 0. The molecule has 2 rings (SSSR count). The van der Waals surface area contributed by atoms with Crippen LogP contribution in [-0.4, -0.2) is 44.3 Å². The number of allylic oxidation sites excluding steroid dienone is 1. The number of nitrogens with two attached hydrogens (primary N) is 1. The first-order valence-electron chi connectivity index (χ1n) is 7.05. The van der Waals surface area contributed by atoms with Crippen LogP contribution in [-0.2, 0) is 4.79 Å². The summed E-state index contributed by atoms with van der Waals surface area (Å²) in [5.74, 6) is -0.389. The molecular weight excluding hydrogens is 355 g/mol. The van der Waals surface area contributed by atoms with Gasteiger partial charge in [0.2, 0.25) is 5.91 Å². The van der Waals surface area contributed by atoms with Crippen molar-refractivity contribution in [3.05, 3.63) is 30.0 Å². The summed E-state index contributed by atoms with van der Waals surface area (Å²) in [6.45, 7) is -0.235. The highest BCUT2D eigenvalue weighted by Gasteiger charge is 2.29. The molecule has 2 heterocycles. The highest BCUT2D eigenvalue weighted by atomic mass is 19.4. The third-order valence-electron chi connectivity index (χ3n) is 2.73. The second-order valence-corrected chi connectivity index (χ2v) is 4.96. The Kier molecular flexibility index (Phi) is 5.54. The van der Waals surface area contributed by atoms with E-state index >= 15 is 0 Å². The van der Waals surface area contributed by atoms with Crippen molar-refractivity contribution in [1.29, 1.82) is 5.41 Å². The Balaban J connectivity index is 2.09. The maximum Gasteiger partial charge on any atom is 0.422 e. The minimum absolute atomic E-state index is 0.0405. The van der Waals surface area contributed by atoms with Gasteiger partial charge < -0.3 is 20.8 Å². The van der Waals surface area contributed by atoms with Crippen molar-refractivity contribution in [3.8, 4) is 5.88 Å². The molecule has 0 fully saturated rings. The first kappa shape index (κ1) is 18.9. The van der Waals surface area contributed by atoms with Gasteiger partial charge in [0.25, 0.3) is 5.88 Å². The number of rotatable bonds is 6. The van der Waals surface area contributed by atoms with E-state index in [9.17, 15) is 18.0 Å². The van der Waals surface area contributed by atoms with Crippen molar-refractivity contribution < 1.29 is 22.7 Å². The van der Waals surface area contributed by atoms with Gasteiger partial charge in [0.15, 0.2) is 12.4 Å². The second kappa shape index (κ2) is 7.63. The molecule has 0 saturated heterocycles.